The fraction of sp³-hybridized carbons (Fsp3) is 0.938. The molecule has 4 heteroatoms. The first-order valence-electron chi connectivity index (χ1n) is 8.29. The summed E-state index contributed by atoms with van der Waals surface area (Å²) >= 11 is 0. The molecule has 1 heterocycles. The molecule has 1 saturated carbocycles. The van der Waals surface area contributed by atoms with Gasteiger partial charge >= 0.3 is 0 Å². The molecule has 2 rings (SSSR count). The standard InChI is InChI=1S/C16H31N3O/c1-14(2)12-18-8-10-19(11-9-18)15(20)16(13-17)6-4-3-5-7-16/h14H,3-13,17H2,1-2H3. The quantitative estimate of drug-likeness (QED) is 0.853. The highest BCUT2D eigenvalue weighted by Gasteiger charge is 2.41. The second-order valence-corrected chi connectivity index (χ2v) is 7.03. The first-order chi connectivity index (χ1) is 9.57. The van der Waals surface area contributed by atoms with Gasteiger partial charge < -0.3 is 10.6 Å². The molecule has 20 heavy (non-hydrogen) atoms. The molecule has 1 aliphatic carbocycles. The fourth-order valence-corrected chi connectivity index (χ4v) is 3.72. The summed E-state index contributed by atoms with van der Waals surface area (Å²) in [6, 6.07) is 0. The van der Waals surface area contributed by atoms with Crippen molar-refractivity contribution >= 4 is 5.91 Å². The number of carbonyl (C=O) groups is 1. The molecular formula is C16H31N3O. The van der Waals surface area contributed by atoms with E-state index >= 15 is 0 Å². The monoisotopic (exact) mass is 281 g/mol. The molecule has 116 valence electrons. The van der Waals surface area contributed by atoms with Gasteiger partial charge in [-0.05, 0) is 18.8 Å². The molecule has 1 saturated heterocycles. The van der Waals surface area contributed by atoms with Crippen LogP contribution in [0.4, 0.5) is 0 Å². The van der Waals surface area contributed by atoms with E-state index in [1.165, 1.54) is 6.42 Å². The molecule has 0 aromatic carbocycles. The topological polar surface area (TPSA) is 49.6 Å². The lowest BCUT2D eigenvalue weighted by Gasteiger charge is -2.42. The maximum absolute atomic E-state index is 12.9. The molecule has 0 atom stereocenters. The highest BCUT2D eigenvalue weighted by Crippen LogP contribution is 2.37. The average Bonchev–Trinajstić information content (AvgIpc) is 2.47. The van der Waals surface area contributed by atoms with Crippen LogP contribution >= 0.6 is 0 Å². The number of rotatable bonds is 4. The van der Waals surface area contributed by atoms with Gasteiger partial charge in [-0.25, -0.2) is 0 Å². The van der Waals surface area contributed by atoms with Crippen LogP contribution in [0, 0.1) is 11.3 Å². The molecule has 1 aliphatic heterocycles. The van der Waals surface area contributed by atoms with Crippen LogP contribution < -0.4 is 5.73 Å². The van der Waals surface area contributed by atoms with Gasteiger partial charge in [0.25, 0.3) is 0 Å². The lowest BCUT2D eigenvalue weighted by atomic mass is 9.73. The smallest absolute Gasteiger partial charge is 0.230 e. The Morgan fingerprint density at radius 3 is 2.20 bits per heavy atom. The van der Waals surface area contributed by atoms with E-state index in [1.54, 1.807) is 0 Å². The largest absolute Gasteiger partial charge is 0.340 e. The Hall–Kier alpha value is -0.610. The summed E-state index contributed by atoms with van der Waals surface area (Å²) in [7, 11) is 0. The molecule has 0 aromatic heterocycles. The molecule has 0 aromatic rings. The summed E-state index contributed by atoms with van der Waals surface area (Å²) in [4.78, 5) is 17.4. The second kappa shape index (κ2) is 6.90. The first kappa shape index (κ1) is 15.8. The molecule has 0 unspecified atom stereocenters. The summed E-state index contributed by atoms with van der Waals surface area (Å²) in [5.41, 5.74) is 5.74. The van der Waals surface area contributed by atoms with Gasteiger partial charge in [0, 0.05) is 39.3 Å². The van der Waals surface area contributed by atoms with Crippen molar-refractivity contribution < 1.29 is 4.79 Å². The van der Waals surface area contributed by atoms with Gasteiger partial charge in [0.1, 0.15) is 0 Å². The number of hydrogen-bond donors (Lipinski definition) is 1. The van der Waals surface area contributed by atoms with E-state index in [2.05, 4.69) is 23.6 Å². The van der Waals surface area contributed by atoms with Crippen molar-refractivity contribution in [3.63, 3.8) is 0 Å². The Kier molecular flexibility index (Phi) is 5.44. The van der Waals surface area contributed by atoms with Gasteiger partial charge in [-0.2, -0.15) is 0 Å². The average molecular weight is 281 g/mol. The Morgan fingerprint density at radius 1 is 1.10 bits per heavy atom. The number of nitrogens with two attached hydrogens (primary N) is 1. The van der Waals surface area contributed by atoms with E-state index < -0.39 is 0 Å². The third-order valence-corrected chi connectivity index (χ3v) is 4.94. The van der Waals surface area contributed by atoms with Crippen LogP contribution in [0.15, 0.2) is 0 Å². The van der Waals surface area contributed by atoms with E-state index in [4.69, 9.17) is 5.73 Å². The Bertz CT molecular complexity index is 316. The minimum Gasteiger partial charge on any atom is -0.340 e. The van der Waals surface area contributed by atoms with Crippen LogP contribution in [0.2, 0.25) is 0 Å². The van der Waals surface area contributed by atoms with Crippen LogP contribution in [-0.2, 0) is 4.79 Å². The van der Waals surface area contributed by atoms with Crippen LogP contribution in [0.3, 0.4) is 0 Å². The molecular weight excluding hydrogens is 250 g/mol. The summed E-state index contributed by atoms with van der Waals surface area (Å²) in [5, 5.41) is 0. The maximum Gasteiger partial charge on any atom is 0.230 e. The zero-order chi connectivity index (χ0) is 14.6. The van der Waals surface area contributed by atoms with Crippen molar-refractivity contribution in [2.75, 3.05) is 39.3 Å². The number of carbonyl (C=O) groups excluding carboxylic acids is 1. The molecule has 2 fully saturated rings. The number of piperazine rings is 1. The number of amides is 1. The predicted octanol–water partition coefficient (Wildman–Crippen LogP) is 1.70. The third kappa shape index (κ3) is 3.53. The molecule has 2 N–H and O–H groups in total. The van der Waals surface area contributed by atoms with Gasteiger partial charge in [0.05, 0.1) is 5.41 Å². The van der Waals surface area contributed by atoms with E-state index in [0.717, 1.165) is 58.4 Å². The first-order valence-corrected chi connectivity index (χ1v) is 8.29. The molecule has 0 radical (unpaired) electrons. The zero-order valence-electron chi connectivity index (χ0n) is 13.2. The Morgan fingerprint density at radius 2 is 1.70 bits per heavy atom. The van der Waals surface area contributed by atoms with Crippen molar-refractivity contribution in [3.05, 3.63) is 0 Å². The van der Waals surface area contributed by atoms with Gasteiger partial charge in [0.15, 0.2) is 0 Å². The van der Waals surface area contributed by atoms with Crippen LogP contribution in [0.1, 0.15) is 46.0 Å². The van der Waals surface area contributed by atoms with E-state index in [9.17, 15) is 4.79 Å². The van der Waals surface area contributed by atoms with Crippen molar-refractivity contribution in [1.82, 2.24) is 9.80 Å². The highest BCUT2D eigenvalue weighted by molar-refractivity contribution is 5.83. The summed E-state index contributed by atoms with van der Waals surface area (Å²) < 4.78 is 0. The lowest BCUT2D eigenvalue weighted by Crippen LogP contribution is -2.55. The second-order valence-electron chi connectivity index (χ2n) is 7.03. The van der Waals surface area contributed by atoms with Crippen molar-refractivity contribution in [1.29, 1.82) is 0 Å². The molecule has 0 bridgehead atoms. The Labute approximate surface area is 123 Å². The summed E-state index contributed by atoms with van der Waals surface area (Å²) in [6.07, 6.45) is 5.58. The normalized spacial score (nSPS) is 24.1. The van der Waals surface area contributed by atoms with Gasteiger partial charge in [-0.15, -0.1) is 0 Å². The van der Waals surface area contributed by atoms with Crippen LogP contribution in [0.25, 0.3) is 0 Å². The molecule has 0 spiro atoms. The van der Waals surface area contributed by atoms with Gasteiger partial charge in [-0.3, -0.25) is 9.69 Å². The third-order valence-electron chi connectivity index (χ3n) is 4.94. The Balaban J connectivity index is 1.90. The SMILES string of the molecule is CC(C)CN1CCN(C(=O)C2(CN)CCCCC2)CC1. The molecule has 1 amide bonds. The molecule has 4 nitrogen and oxygen atoms in total. The highest BCUT2D eigenvalue weighted by atomic mass is 16.2. The van der Waals surface area contributed by atoms with E-state index in [0.29, 0.717) is 18.4 Å². The van der Waals surface area contributed by atoms with Gasteiger partial charge in [0.2, 0.25) is 5.91 Å². The summed E-state index contributed by atoms with van der Waals surface area (Å²) in [5.74, 6) is 1.04. The maximum atomic E-state index is 12.9. The fourth-order valence-electron chi connectivity index (χ4n) is 3.72. The van der Waals surface area contributed by atoms with Crippen molar-refractivity contribution in [3.8, 4) is 0 Å². The zero-order valence-corrected chi connectivity index (χ0v) is 13.2. The van der Waals surface area contributed by atoms with E-state index in [1.807, 2.05) is 0 Å². The lowest BCUT2D eigenvalue weighted by molar-refractivity contribution is -0.145. The van der Waals surface area contributed by atoms with Crippen LogP contribution in [-0.4, -0.2) is 55.0 Å². The van der Waals surface area contributed by atoms with E-state index in [-0.39, 0.29) is 5.41 Å². The number of hydrogen-bond acceptors (Lipinski definition) is 3. The number of nitrogens with zero attached hydrogens (tertiary/aromatic N) is 2. The van der Waals surface area contributed by atoms with Crippen LogP contribution in [0.5, 0.6) is 0 Å². The summed E-state index contributed by atoms with van der Waals surface area (Å²) in [6.45, 7) is 9.98. The minimum absolute atomic E-state index is 0.238. The van der Waals surface area contributed by atoms with Crippen molar-refractivity contribution in [2.24, 2.45) is 17.1 Å². The minimum atomic E-state index is -0.238. The predicted molar refractivity (Wildman–Crippen MR) is 82.4 cm³/mol. The van der Waals surface area contributed by atoms with Crippen molar-refractivity contribution in [2.45, 2.75) is 46.0 Å². The van der Waals surface area contributed by atoms with Gasteiger partial charge in [-0.1, -0.05) is 33.1 Å². The molecule has 2 aliphatic rings.